The first-order valence-corrected chi connectivity index (χ1v) is 12.9. The van der Waals surface area contributed by atoms with Crippen molar-refractivity contribution in [2.24, 2.45) is 5.92 Å². The summed E-state index contributed by atoms with van der Waals surface area (Å²) >= 11 is 5.99. The second kappa shape index (κ2) is 21.2. The lowest BCUT2D eigenvalue weighted by molar-refractivity contribution is -0.399. The van der Waals surface area contributed by atoms with Crippen molar-refractivity contribution in [1.82, 2.24) is 0 Å². The second-order valence-corrected chi connectivity index (χ2v) is 8.26. The summed E-state index contributed by atoms with van der Waals surface area (Å²) in [5.41, 5.74) is 0. The van der Waals surface area contributed by atoms with E-state index in [1.165, 1.54) is 32.1 Å². The van der Waals surface area contributed by atoms with E-state index in [4.69, 9.17) is 25.8 Å². The summed E-state index contributed by atoms with van der Waals surface area (Å²) in [7, 11) is 0. The molecule has 0 aromatic rings. The van der Waals surface area contributed by atoms with E-state index in [2.05, 4.69) is 33.8 Å². The summed E-state index contributed by atoms with van der Waals surface area (Å²) in [4.78, 5) is 0. The molecule has 0 aliphatic carbocycles. The topological polar surface area (TPSA) is 27.7 Å². The van der Waals surface area contributed by atoms with Gasteiger partial charge in [0.1, 0.15) is 0 Å². The van der Waals surface area contributed by atoms with E-state index >= 15 is 0 Å². The molecule has 0 saturated heterocycles. The summed E-state index contributed by atoms with van der Waals surface area (Å²) in [5.74, 6) is -0.411. The molecule has 1 atom stereocenters. The standard InChI is InChI=1S/C25H49ClO3/c1-5-9-13-14-15-16-18-24(19-17-20-26)25(27-21-10-6-2,28-22-11-7-3)29-23-12-8-4/h17,19,24H,5-16,18,20-23H2,1-4H3. The van der Waals surface area contributed by atoms with E-state index < -0.39 is 5.97 Å². The van der Waals surface area contributed by atoms with Crippen LogP contribution in [0.2, 0.25) is 0 Å². The van der Waals surface area contributed by atoms with E-state index in [1.807, 2.05) is 6.08 Å². The van der Waals surface area contributed by atoms with E-state index in [0.717, 1.165) is 51.4 Å². The Morgan fingerprint density at radius 2 is 1.10 bits per heavy atom. The van der Waals surface area contributed by atoms with Crippen molar-refractivity contribution in [3.05, 3.63) is 12.2 Å². The molecule has 0 N–H and O–H groups in total. The van der Waals surface area contributed by atoms with Gasteiger partial charge in [-0.25, -0.2) is 0 Å². The van der Waals surface area contributed by atoms with Crippen LogP contribution in [0, 0.1) is 5.92 Å². The van der Waals surface area contributed by atoms with E-state index in [9.17, 15) is 0 Å². The molecule has 174 valence electrons. The number of unbranched alkanes of at least 4 members (excludes halogenated alkanes) is 8. The van der Waals surface area contributed by atoms with Crippen molar-refractivity contribution in [3.8, 4) is 0 Å². The number of hydrogen-bond donors (Lipinski definition) is 0. The van der Waals surface area contributed by atoms with Gasteiger partial charge in [0.15, 0.2) is 0 Å². The van der Waals surface area contributed by atoms with Gasteiger partial charge in [0, 0.05) is 5.88 Å². The predicted molar refractivity (Wildman–Crippen MR) is 127 cm³/mol. The van der Waals surface area contributed by atoms with Crippen molar-refractivity contribution in [3.63, 3.8) is 0 Å². The zero-order valence-electron chi connectivity index (χ0n) is 19.9. The van der Waals surface area contributed by atoms with Gasteiger partial charge in [0.2, 0.25) is 0 Å². The molecule has 1 unspecified atom stereocenters. The fourth-order valence-corrected chi connectivity index (χ4v) is 3.38. The highest BCUT2D eigenvalue weighted by molar-refractivity contribution is 6.18. The van der Waals surface area contributed by atoms with Crippen LogP contribution in [0.25, 0.3) is 0 Å². The number of ether oxygens (including phenoxy) is 3. The molecular formula is C25H49ClO3. The maximum absolute atomic E-state index is 6.38. The van der Waals surface area contributed by atoms with Gasteiger partial charge in [-0.3, -0.25) is 0 Å². The van der Waals surface area contributed by atoms with Crippen molar-refractivity contribution in [2.75, 3.05) is 25.7 Å². The molecule has 0 aromatic heterocycles. The van der Waals surface area contributed by atoms with Crippen LogP contribution in [-0.4, -0.2) is 31.7 Å². The minimum absolute atomic E-state index is 0.0676. The number of allylic oxidation sites excluding steroid dienone is 1. The Labute approximate surface area is 186 Å². The molecule has 0 aromatic carbocycles. The predicted octanol–water partition coefficient (Wildman–Crippen LogP) is 8.25. The average Bonchev–Trinajstić information content (AvgIpc) is 2.73. The Morgan fingerprint density at radius 3 is 1.55 bits per heavy atom. The third-order valence-electron chi connectivity index (χ3n) is 5.18. The Bertz CT molecular complexity index is 333. The Morgan fingerprint density at radius 1 is 0.655 bits per heavy atom. The molecule has 0 rings (SSSR count). The third kappa shape index (κ3) is 14.5. The summed E-state index contributed by atoms with van der Waals surface area (Å²) in [5, 5.41) is 0. The Hall–Kier alpha value is -0.0900. The normalized spacial score (nSPS) is 13.4. The molecule has 4 heteroatoms. The smallest absolute Gasteiger partial charge is 0.289 e. The molecular weight excluding hydrogens is 384 g/mol. The maximum atomic E-state index is 6.38. The molecule has 0 heterocycles. The lowest BCUT2D eigenvalue weighted by Crippen LogP contribution is -2.46. The highest BCUT2D eigenvalue weighted by Crippen LogP contribution is 2.33. The second-order valence-electron chi connectivity index (χ2n) is 7.95. The van der Waals surface area contributed by atoms with E-state index in [0.29, 0.717) is 25.7 Å². The third-order valence-corrected chi connectivity index (χ3v) is 5.36. The van der Waals surface area contributed by atoms with Crippen LogP contribution >= 0.6 is 11.6 Å². The van der Waals surface area contributed by atoms with Gasteiger partial charge < -0.3 is 14.2 Å². The zero-order valence-corrected chi connectivity index (χ0v) is 20.6. The lowest BCUT2D eigenvalue weighted by Gasteiger charge is -2.39. The molecule has 0 bridgehead atoms. The van der Waals surface area contributed by atoms with Crippen LogP contribution in [0.15, 0.2) is 12.2 Å². The van der Waals surface area contributed by atoms with Gasteiger partial charge >= 0.3 is 0 Å². The molecule has 0 saturated carbocycles. The number of rotatable bonds is 22. The summed E-state index contributed by atoms with van der Waals surface area (Å²) in [6.45, 7) is 10.8. The molecule has 29 heavy (non-hydrogen) atoms. The van der Waals surface area contributed by atoms with Crippen molar-refractivity contribution in [2.45, 2.75) is 117 Å². The van der Waals surface area contributed by atoms with Gasteiger partial charge in [0.25, 0.3) is 5.97 Å². The maximum Gasteiger partial charge on any atom is 0.289 e. The zero-order chi connectivity index (χ0) is 21.6. The highest BCUT2D eigenvalue weighted by atomic mass is 35.5. The number of hydrogen-bond acceptors (Lipinski definition) is 3. The van der Waals surface area contributed by atoms with Crippen molar-refractivity contribution >= 4 is 11.6 Å². The first-order chi connectivity index (χ1) is 14.2. The molecule has 0 aliphatic rings. The summed E-state index contributed by atoms with van der Waals surface area (Å²) in [6.07, 6.45) is 19.2. The minimum Gasteiger partial charge on any atom is -0.327 e. The summed E-state index contributed by atoms with van der Waals surface area (Å²) < 4.78 is 19.1. The molecule has 0 fully saturated rings. The molecule has 0 aliphatic heterocycles. The van der Waals surface area contributed by atoms with Crippen LogP contribution in [0.3, 0.4) is 0 Å². The van der Waals surface area contributed by atoms with Gasteiger partial charge in [0.05, 0.1) is 25.7 Å². The van der Waals surface area contributed by atoms with Crippen LogP contribution in [0.4, 0.5) is 0 Å². The SMILES string of the molecule is CCCCCCCCC(C=CCCl)C(OCCCC)(OCCCC)OCCCC. The van der Waals surface area contributed by atoms with Crippen molar-refractivity contribution < 1.29 is 14.2 Å². The minimum atomic E-state index is -0.981. The first kappa shape index (κ1) is 28.9. The summed E-state index contributed by atoms with van der Waals surface area (Å²) in [6, 6.07) is 0. The Balaban J connectivity index is 5.27. The van der Waals surface area contributed by atoms with Crippen molar-refractivity contribution in [1.29, 1.82) is 0 Å². The van der Waals surface area contributed by atoms with E-state index in [1.54, 1.807) is 0 Å². The van der Waals surface area contributed by atoms with Crippen LogP contribution in [-0.2, 0) is 14.2 Å². The number of halogens is 1. The molecule has 3 nitrogen and oxygen atoms in total. The molecule has 0 amide bonds. The van der Waals surface area contributed by atoms with Gasteiger partial charge in [-0.1, -0.05) is 97.6 Å². The number of alkyl halides is 1. The quantitative estimate of drug-likeness (QED) is 0.0745. The van der Waals surface area contributed by atoms with Crippen LogP contribution < -0.4 is 0 Å². The Kier molecular flexibility index (Phi) is 21.1. The molecule has 0 spiro atoms. The molecule has 0 radical (unpaired) electrons. The average molecular weight is 433 g/mol. The lowest BCUT2D eigenvalue weighted by atomic mass is 9.96. The van der Waals surface area contributed by atoms with Crippen LogP contribution in [0.1, 0.15) is 111 Å². The van der Waals surface area contributed by atoms with E-state index in [-0.39, 0.29) is 5.92 Å². The fraction of sp³-hybridized carbons (Fsp3) is 0.920. The van der Waals surface area contributed by atoms with Gasteiger partial charge in [-0.2, -0.15) is 0 Å². The monoisotopic (exact) mass is 432 g/mol. The first-order valence-electron chi connectivity index (χ1n) is 12.3. The highest BCUT2D eigenvalue weighted by Gasteiger charge is 2.41. The van der Waals surface area contributed by atoms with Crippen LogP contribution in [0.5, 0.6) is 0 Å². The van der Waals surface area contributed by atoms with Gasteiger partial charge in [-0.15, -0.1) is 11.6 Å². The van der Waals surface area contributed by atoms with Gasteiger partial charge in [-0.05, 0) is 25.7 Å². The fourth-order valence-electron chi connectivity index (χ4n) is 3.27. The largest absolute Gasteiger partial charge is 0.327 e.